The van der Waals surface area contributed by atoms with Crippen LogP contribution < -0.4 is 24.4 Å². The first kappa shape index (κ1) is 23.2. The largest absolute Gasteiger partial charge is 0.492 e. The number of amides is 2. The van der Waals surface area contributed by atoms with Gasteiger partial charge in [0.15, 0.2) is 12.7 Å². The summed E-state index contributed by atoms with van der Waals surface area (Å²) in [5.41, 5.74) is 3.48. The van der Waals surface area contributed by atoms with Crippen molar-refractivity contribution in [3.05, 3.63) is 77.9 Å². The lowest BCUT2D eigenvalue weighted by molar-refractivity contribution is -0.125. The molecule has 1 unspecified atom stereocenters. The molecule has 1 aliphatic rings. The van der Waals surface area contributed by atoms with E-state index in [0.29, 0.717) is 36.0 Å². The van der Waals surface area contributed by atoms with E-state index in [1.165, 1.54) is 0 Å². The number of carbonyl (C=O) groups excluding carboxylic acids is 2. The molecule has 176 valence electrons. The van der Waals surface area contributed by atoms with E-state index in [1.54, 1.807) is 30.0 Å². The summed E-state index contributed by atoms with van der Waals surface area (Å²) in [5, 5.41) is 2.81. The van der Waals surface area contributed by atoms with Crippen LogP contribution in [0.2, 0.25) is 0 Å². The lowest BCUT2D eigenvalue weighted by Crippen LogP contribution is -2.46. The topological polar surface area (TPSA) is 77.1 Å². The molecular formula is C27H28N2O5. The second kappa shape index (κ2) is 10.3. The molecule has 34 heavy (non-hydrogen) atoms. The number of hydrogen-bond acceptors (Lipinski definition) is 5. The quantitative estimate of drug-likeness (QED) is 0.535. The van der Waals surface area contributed by atoms with E-state index < -0.39 is 6.10 Å². The monoisotopic (exact) mass is 460 g/mol. The van der Waals surface area contributed by atoms with Crippen LogP contribution in [-0.2, 0) is 9.59 Å². The number of nitrogens with zero attached hydrogens (tertiary/aromatic N) is 1. The van der Waals surface area contributed by atoms with E-state index >= 15 is 0 Å². The molecule has 0 saturated carbocycles. The van der Waals surface area contributed by atoms with Crippen LogP contribution in [0.4, 0.5) is 11.4 Å². The van der Waals surface area contributed by atoms with E-state index in [9.17, 15) is 9.59 Å². The third-order valence-electron chi connectivity index (χ3n) is 5.45. The molecule has 0 saturated heterocycles. The SMILES string of the molecule is Cc1ccc(OCCN2C(=O)C(C)Oc3cc(NC(=O)COc4ccc(C)cc4)ccc32)cc1. The first-order valence-corrected chi connectivity index (χ1v) is 11.2. The minimum Gasteiger partial charge on any atom is -0.492 e. The highest BCUT2D eigenvalue weighted by Gasteiger charge is 2.31. The molecule has 1 aliphatic heterocycles. The van der Waals surface area contributed by atoms with E-state index in [1.807, 2.05) is 62.4 Å². The highest BCUT2D eigenvalue weighted by Crippen LogP contribution is 2.36. The standard InChI is InChI=1S/C27H28N2O5/c1-18-4-9-22(10-5-18)32-15-14-29-24-13-8-21(16-25(24)34-20(3)27(29)31)28-26(30)17-33-23-11-6-19(2)7-12-23/h4-13,16,20H,14-15,17H2,1-3H3,(H,28,30). The number of ether oxygens (including phenoxy) is 3. The van der Waals surface area contributed by atoms with Crippen LogP contribution in [0.15, 0.2) is 66.7 Å². The third-order valence-corrected chi connectivity index (χ3v) is 5.45. The molecule has 0 aromatic heterocycles. The zero-order valence-corrected chi connectivity index (χ0v) is 19.5. The van der Waals surface area contributed by atoms with Crippen molar-refractivity contribution < 1.29 is 23.8 Å². The summed E-state index contributed by atoms with van der Waals surface area (Å²) in [6, 6.07) is 20.5. The van der Waals surface area contributed by atoms with Crippen LogP contribution in [0, 0.1) is 13.8 Å². The van der Waals surface area contributed by atoms with Gasteiger partial charge in [-0.2, -0.15) is 0 Å². The van der Waals surface area contributed by atoms with Gasteiger partial charge in [-0.3, -0.25) is 9.59 Å². The predicted molar refractivity (Wildman–Crippen MR) is 131 cm³/mol. The average Bonchev–Trinajstić information content (AvgIpc) is 2.82. The smallest absolute Gasteiger partial charge is 0.267 e. The summed E-state index contributed by atoms with van der Waals surface area (Å²) in [6.45, 7) is 6.32. The summed E-state index contributed by atoms with van der Waals surface area (Å²) in [5.74, 6) is 1.49. The molecule has 0 radical (unpaired) electrons. The number of aryl methyl sites for hydroxylation is 2. The zero-order valence-electron chi connectivity index (χ0n) is 19.5. The number of nitrogens with one attached hydrogen (secondary N) is 1. The number of benzene rings is 3. The Kier molecular flexibility index (Phi) is 7.01. The van der Waals surface area contributed by atoms with Crippen molar-refractivity contribution >= 4 is 23.2 Å². The maximum atomic E-state index is 12.7. The fourth-order valence-corrected chi connectivity index (χ4v) is 3.59. The molecule has 3 aromatic rings. The zero-order chi connectivity index (χ0) is 24.1. The van der Waals surface area contributed by atoms with Gasteiger partial charge in [0.1, 0.15) is 23.9 Å². The van der Waals surface area contributed by atoms with Gasteiger partial charge in [0.2, 0.25) is 0 Å². The maximum Gasteiger partial charge on any atom is 0.267 e. The van der Waals surface area contributed by atoms with Crippen molar-refractivity contribution in [2.24, 2.45) is 0 Å². The van der Waals surface area contributed by atoms with Crippen molar-refractivity contribution in [1.82, 2.24) is 0 Å². The summed E-state index contributed by atoms with van der Waals surface area (Å²) < 4.78 is 17.1. The second-order valence-electron chi connectivity index (χ2n) is 8.24. The highest BCUT2D eigenvalue weighted by molar-refractivity contribution is 6.00. The van der Waals surface area contributed by atoms with E-state index in [4.69, 9.17) is 14.2 Å². The van der Waals surface area contributed by atoms with Crippen LogP contribution in [-0.4, -0.2) is 37.7 Å². The summed E-state index contributed by atoms with van der Waals surface area (Å²) in [7, 11) is 0. The van der Waals surface area contributed by atoms with Gasteiger partial charge in [-0.15, -0.1) is 0 Å². The summed E-state index contributed by atoms with van der Waals surface area (Å²) in [4.78, 5) is 26.7. The van der Waals surface area contributed by atoms with E-state index in [0.717, 1.165) is 16.9 Å². The van der Waals surface area contributed by atoms with Gasteiger partial charge in [0.25, 0.3) is 11.8 Å². The molecule has 0 aliphatic carbocycles. The Bertz CT molecular complexity index is 1160. The first-order chi connectivity index (χ1) is 16.4. The molecule has 1 N–H and O–H groups in total. The molecule has 0 fully saturated rings. The molecule has 1 heterocycles. The van der Waals surface area contributed by atoms with Gasteiger partial charge in [-0.25, -0.2) is 0 Å². The third kappa shape index (κ3) is 5.67. The van der Waals surface area contributed by atoms with Gasteiger partial charge in [0, 0.05) is 11.8 Å². The number of rotatable bonds is 8. The molecule has 1 atom stereocenters. The average molecular weight is 461 g/mol. The lowest BCUT2D eigenvalue weighted by atomic mass is 10.1. The van der Waals surface area contributed by atoms with Gasteiger partial charge in [-0.05, 0) is 57.2 Å². The number of carbonyl (C=O) groups is 2. The maximum absolute atomic E-state index is 12.7. The Morgan fingerprint density at radius 1 is 0.941 bits per heavy atom. The first-order valence-electron chi connectivity index (χ1n) is 11.2. The van der Waals surface area contributed by atoms with Crippen LogP contribution in [0.5, 0.6) is 17.2 Å². The second-order valence-corrected chi connectivity index (χ2v) is 8.24. The van der Waals surface area contributed by atoms with Crippen LogP contribution in [0.1, 0.15) is 18.1 Å². The van der Waals surface area contributed by atoms with E-state index in [2.05, 4.69) is 5.32 Å². The predicted octanol–water partition coefficient (Wildman–Crippen LogP) is 4.51. The fraction of sp³-hybridized carbons (Fsp3) is 0.259. The normalized spacial score (nSPS) is 14.7. The molecule has 7 nitrogen and oxygen atoms in total. The Balaban J connectivity index is 1.38. The van der Waals surface area contributed by atoms with Crippen molar-refractivity contribution in [2.75, 3.05) is 30.0 Å². The highest BCUT2D eigenvalue weighted by atomic mass is 16.5. The minimum absolute atomic E-state index is 0.113. The summed E-state index contributed by atoms with van der Waals surface area (Å²) in [6.07, 6.45) is -0.636. The molecule has 0 spiro atoms. The van der Waals surface area contributed by atoms with Gasteiger partial charge < -0.3 is 24.4 Å². The van der Waals surface area contributed by atoms with Crippen LogP contribution in [0.25, 0.3) is 0 Å². The number of anilines is 2. The van der Waals surface area contributed by atoms with Crippen LogP contribution >= 0.6 is 0 Å². The fourth-order valence-electron chi connectivity index (χ4n) is 3.59. The Hall–Kier alpha value is -4.00. The van der Waals surface area contributed by atoms with Crippen LogP contribution in [0.3, 0.4) is 0 Å². The van der Waals surface area contributed by atoms with Crippen molar-refractivity contribution in [3.8, 4) is 17.2 Å². The minimum atomic E-state index is -0.636. The molecule has 0 bridgehead atoms. The lowest BCUT2D eigenvalue weighted by Gasteiger charge is -2.33. The Morgan fingerprint density at radius 3 is 2.21 bits per heavy atom. The summed E-state index contributed by atoms with van der Waals surface area (Å²) >= 11 is 0. The molecule has 4 rings (SSSR count). The molecule has 2 amide bonds. The van der Waals surface area contributed by atoms with Crippen molar-refractivity contribution in [3.63, 3.8) is 0 Å². The van der Waals surface area contributed by atoms with Gasteiger partial charge in [0.05, 0.1) is 12.2 Å². The molecular weight excluding hydrogens is 432 g/mol. The number of fused-ring (bicyclic) bond motifs is 1. The molecule has 7 heteroatoms. The van der Waals surface area contributed by atoms with Gasteiger partial charge >= 0.3 is 0 Å². The number of hydrogen-bond donors (Lipinski definition) is 1. The Labute approximate surface area is 199 Å². The van der Waals surface area contributed by atoms with Gasteiger partial charge in [-0.1, -0.05) is 35.4 Å². The van der Waals surface area contributed by atoms with Crippen molar-refractivity contribution in [1.29, 1.82) is 0 Å². The van der Waals surface area contributed by atoms with Crippen molar-refractivity contribution in [2.45, 2.75) is 26.9 Å². The van der Waals surface area contributed by atoms with E-state index in [-0.39, 0.29) is 18.4 Å². The molecule has 3 aromatic carbocycles. The Morgan fingerprint density at radius 2 is 1.56 bits per heavy atom.